The molecule has 1 heterocycles. The van der Waals surface area contributed by atoms with Gasteiger partial charge in [0.1, 0.15) is 5.01 Å². The van der Waals surface area contributed by atoms with Crippen molar-refractivity contribution in [2.24, 2.45) is 0 Å². The summed E-state index contributed by atoms with van der Waals surface area (Å²) in [5.41, 5.74) is 4.99. The highest BCUT2D eigenvalue weighted by atomic mass is 32.2. The summed E-state index contributed by atoms with van der Waals surface area (Å²) >= 11 is 1.50. The zero-order valence-corrected chi connectivity index (χ0v) is 29.9. The van der Waals surface area contributed by atoms with Crippen LogP contribution in [0.5, 0.6) is 0 Å². The molecule has 0 radical (unpaired) electrons. The molecule has 2 amide bonds. The fourth-order valence-corrected chi connectivity index (χ4v) is 6.49. The third-order valence-electron chi connectivity index (χ3n) is 8.05. The molecule has 10 nitrogen and oxygen atoms in total. The van der Waals surface area contributed by atoms with Crippen molar-refractivity contribution in [3.05, 3.63) is 117 Å². The molecule has 3 N–H and O–H groups in total. The number of benzene rings is 3. The highest BCUT2D eigenvalue weighted by Gasteiger charge is 2.24. The van der Waals surface area contributed by atoms with Crippen molar-refractivity contribution in [3.63, 3.8) is 0 Å². The summed E-state index contributed by atoms with van der Waals surface area (Å²) in [6.45, 7) is 6.91. The molecule has 0 bridgehead atoms. The maximum absolute atomic E-state index is 13.5. The number of rotatable bonds is 15. The molecule has 0 unspecified atom stereocenters. The van der Waals surface area contributed by atoms with Gasteiger partial charge in [0.15, 0.2) is 0 Å². The van der Waals surface area contributed by atoms with Crippen molar-refractivity contribution in [1.29, 1.82) is 0 Å². The molecule has 4 rings (SSSR count). The zero-order chi connectivity index (χ0) is 35.0. The second kappa shape index (κ2) is 16.3. The largest absolute Gasteiger partial charge is 0.390 e. The first kappa shape index (κ1) is 36.7. The number of aromatic nitrogens is 1. The van der Waals surface area contributed by atoms with Crippen LogP contribution in [0.3, 0.4) is 0 Å². The van der Waals surface area contributed by atoms with E-state index in [4.69, 9.17) is 0 Å². The molecule has 0 spiro atoms. The standard InChI is InChI=1S/C36H45N5O5S2/c1-24(2)30-15-27(16-31(19-30)41(5)48(6,45)46)20-37-21-33(42)32(17-26-11-8-7-9-12-26)39-35(43)28-13-10-14-29(18-28)36(44)40(4)22-34-38-25(3)23-47-34/h7-16,18-19,23-24,32-33,37,42H,17,20-22H2,1-6H3,(H,39,43)/t32-,33+/m0/s1. The van der Waals surface area contributed by atoms with Gasteiger partial charge in [-0.25, -0.2) is 13.4 Å². The maximum atomic E-state index is 13.5. The van der Waals surface area contributed by atoms with Crippen LogP contribution in [0.4, 0.5) is 5.69 Å². The Balaban J connectivity index is 1.46. The minimum Gasteiger partial charge on any atom is -0.390 e. The number of hydrogen-bond acceptors (Lipinski definition) is 8. The van der Waals surface area contributed by atoms with Crippen LogP contribution < -0.4 is 14.9 Å². The quantitative estimate of drug-likeness (QED) is 0.164. The van der Waals surface area contributed by atoms with E-state index in [1.165, 1.54) is 28.9 Å². The first-order chi connectivity index (χ1) is 22.7. The molecular weight excluding hydrogens is 647 g/mol. The third-order valence-corrected chi connectivity index (χ3v) is 10.2. The Morgan fingerprint density at radius 1 is 0.958 bits per heavy atom. The van der Waals surface area contributed by atoms with Gasteiger partial charge in [-0.05, 0) is 66.3 Å². The number of aryl methyl sites for hydroxylation is 1. The van der Waals surface area contributed by atoms with Gasteiger partial charge in [-0.1, -0.05) is 56.3 Å². The lowest BCUT2D eigenvalue weighted by atomic mass is 9.99. The van der Waals surface area contributed by atoms with Crippen LogP contribution in [0.2, 0.25) is 0 Å². The summed E-state index contributed by atoms with van der Waals surface area (Å²) in [5, 5.41) is 20.4. The van der Waals surface area contributed by atoms with Crippen molar-refractivity contribution in [2.75, 3.05) is 31.2 Å². The predicted molar refractivity (Wildman–Crippen MR) is 192 cm³/mol. The van der Waals surface area contributed by atoms with Gasteiger partial charge in [-0.3, -0.25) is 13.9 Å². The molecule has 4 aromatic rings. The lowest BCUT2D eigenvalue weighted by Gasteiger charge is -2.25. The molecule has 0 saturated heterocycles. The van der Waals surface area contributed by atoms with E-state index in [0.717, 1.165) is 27.4 Å². The van der Waals surface area contributed by atoms with E-state index in [9.17, 15) is 23.1 Å². The molecule has 2 atom stereocenters. The Kier molecular flexibility index (Phi) is 12.5. The minimum atomic E-state index is -3.44. The van der Waals surface area contributed by atoms with Crippen LogP contribution in [-0.4, -0.2) is 74.3 Å². The number of hydrogen-bond donors (Lipinski definition) is 3. The normalized spacial score (nSPS) is 12.8. The Labute approximate surface area is 287 Å². The molecular formula is C36H45N5O5S2. The summed E-state index contributed by atoms with van der Waals surface area (Å²) in [7, 11) is -0.208. The summed E-state index contributed by atoms with van der Waals surface area (Å²) in [5.74, 6) is -0.444. The topological polar surface area (TPSA) is 132 Å². The van der Waals surface area contributed by atoms with Crippen LogP contribution in [0.25, 0.3) is 0 Å². The molecule has 256 valence electrons. The van der Waals surface area contributed by atoms with Crippen molar-refractivity contribution in [1.82, 2.24) is 20.5 Å². The molecule has 0 saturated carbocycles. The van der Waals surface area contributed by atoms with E-state index in [-0.39, 0.29) is 18.4 Å². The van der Waals surface area contributed by atoms with E-state index in [1.807, 2.05) is 74.7 Å². The molecule has 3 aromatic carbocycles. The van der Waals surface area contributed by atoms with Crippen LogP contribution in [0.15, 0.2) is 78.2 Å². The number of aliphatic hydroxyl groups is 1. The van der Waals surface area contributed by atoms with Crippen LogP contribution >= 0.6 is 11.3 Å². The second-order valence-corrected chi connectivity index (χ2v) is 15.4. The van der Waals surface area contributed by atoms with E-state index in [2.05, 4.69) is 15.6 Å². The fourth-order valence-electron chi connectivity index (χ4n) is 5.18. The predicted octanol–water partition coefficient (Wildman–Crippen LogP) is 4.73. The summed E-state index contributed by atoms with van der Waals surface area (Å²) in [6.07, 6.45) is 0.594. The Morgan fingerprint density at radius 2 is 1.67 bits per heavy atom. The first-order valence-electron chi connectivity index (χ1n) is 15.8. The van der Waals surface area contributed by atoms with Crippen LogP contribution in [0.1, 0.15) is 67.9 Å². The molecule has 0 aliphatic heterocycles. The van der Waals surface area contributed by atoms with Gasteiger partial charge >= 0.3 is 0 Å². The number of nitrogens with one attached hydrogen (secondary N) is 2. The van der Waals surface area contributed by atoms with Gasteiger partial charge in [-0.2, -0.15) is 0 Å². The third kappa shape index (κ3) is 10.2. The molecule has 12 heteroatoms. The average molecular weight is 692 g/mol. The number of thiazole rings is 1. The maximum Gasteiger partial charge on any atom is 0.253 e. The Morgan fingerprint density at radius 3 is 2.31 bits per heavy atom. The smallest absolute Gasteiger partial charge is 0.253 e. The van der Waals surface area contributed by atoms with Gasteiger partial charge in [0, 0.05) is 49.4 Å². The van der Waals surface area contributed by atoms with Gasteiger partial charge in [0.2, 0.25) is 10.0 Å². The van der Waals surface area contributed by atoms with Gasteiger partial charge in [-0.15, -0.1) is 11.3 Å². The van der Waals surface area contributed by atoms with E-state index in [0.29, 0.717) is 36.3 Å². The zero-order valence-electron chi connectivity index (χ0n) is 28.3. The highest BCUT2D eigenvalue weighted by Crippen LogP contribution is 2.25. The van der Waals surface area contributed by atoms with Gasteiger partial charge < -0.3 is 20.6 Å². The number of carbonyl (C=O) groups is 2. The van der Waals surface area contributed by atoms with Gasteiger partial charge in [0.25, 0.3) is 11.8 Å². The summed E-state index contributed by atoms with van der Waals surface area (Å²) in [6, 6.07) is 21.2. The number of aliphatic hydroxyl groups excluding tert-OH is 1. The number of sulfonamides is 1. The number of amides is 2. The Bertz CT molecular complexity index is 1810. The monoisotopic (exact) mass is 691 g/mol. The molecule has 48 heavy (non-hydrogen) atoms. The van der Waals surface area contributed by atoms with E-state index in [1.54, 1.807) is 36.2 Å². The lowest BCUT2D eigenvalue weighted by molar-refractivity contribution is 0.0784. The number of nitrogens with zero attached hydrogens (tertiary/aromatic N) is 3. The number of carbonyl (C=O) groups excluding carboxylic acids is 2. The second-order valence-electron chi connectivity index (χ2n) is 12.4. The number of anilines is 1. The first-order valence-corrected chi connectivity index (χ1v) is 18.5. The SMILES string of the molecule is Cc1csc(CN(C)C(=O)c2cccc(C(=O)N[C@@H](Cc3ccccc3)[C@H](O)CNCc3cc(C(C)C)cc(N(C)S(C)(=O)=O)c3)c2)n1. The van der Waals surface area contributed by atoms with Crippen molar-refractivity contribution >= 4 is 38.9 Å². The fraction of sp³-hybridized carbons (Fsp3) is 0.361. The van der Waals surface area contributed by atoms with Crippen molar-refractivity contribution in [2.45, 2.75) is 58.3 Å². The lowest BCUT2D eigenvalue weighted by Crippen LogP contribution is -2.48. The van der Waals surface area contributed by atoms with Crippen molar-refractivity contribution in [3.8, 4) is 0 Å². The van der Waals surface area contributed by atoms with E-state index >= 15 is 0 Å². The highest BCUT2D eigenvalue weighted by molar-refractivity contribution is 7.92. The average Bonchev–Trinajstić information content (AvgIpc) is 3.47. The minimum absolute atomic E-state index is 0.167. The molecule has 0 aliphatic carbocycles. The van der Waals surface area contributed by atoms with Gasteiger partial charge in [0.05, 0.1) is 30.6 Å². The van der Waals surface area contributed by atoms with E-state index < -0.39 is 28.1 Å². The Hall–Kier alpha value is -4.10. The molecule has 1 aromatic heterocycles. The van der Waals surface area contributed by atoms with Crippen LogP contribution in [0, 0.1) is 6.92 Å². The summed E-state index contributed by atoms with van der Waals surface area (Å²) in [4.78, 5) is 32.7. The summed E-state index contributed by atoms with van der Waals surface area (Å²) < 4.78 is 25.7. The molecule has 0 fully saturated rings. The van der Waals surface area contributed by atoms with Crippen LogP contribution in [-0.2, 0) is 29.5 Å². The molecule has 0 aliphatic rings. The van der Waals surface area contributed by atoms with Crippen molar-refractivity contribution < 1.29 is 23.1 Å².